The standard InChI is InChI=1S/C18H28N2O/c1-15(13-16-9-5-4-6-10-16)20-17(21)18(14-19)11-7-2-3-8-12-18/h4-6,9-10,15H,2-3,7-8,11-14,19H2,1H3,(H,20,21). The third-order valence-corrected chi connectivity index (χ3v) is 4.70. The Hall–Kier alpha value is -1.35. The zero-order chi connectivity index (χ0) is 15.1. The van der Waals surface area contributed by atoms with E-state index in [0.29, 0.717) is 6.54 Å². The Balaban J connectivity index is 1.95. The number of hydrogen-bond donors (Lipinski definition) is 2. The van der Waals surface area contributed by atoms with Gasteiger partial charge in [0.1, 0.15) is 0 Å². The fraction of sp³-hybridized carbons (Fsp3) is 0.611. The Labute approximate surface area is 128 Å². The highest BCUT2D eigenvalue weighted by Gasteiger charge is 2.37. The molecule has 2 rings (SSSR count). The van der Waals surface area contributed by atoms with Gasteiger partial charge in [-0.05, 0) is 31.7 Å². The number of nitrogens with one attached hydrogen (secondary N) is 1. The quantitative estimate of drug-likeness (QED) is 0.818. The van der Waals surface area contributed by atoms with Gasteiger partial charge in [-0.15, -0.1) is 0 Å². The summed E-state index contributed by atoms with van der Waals surface area (Å²) in [4.78, 5) is 12.7. The predicted octanol–water partition coefficient (Wildman–Crippen LogP) is 3.03. The van der Waals surface area contributed by atoms with Gasteiger partial charge in [0.15, 0.2) is 0 Å². The summed E-state index contributed by atoms with van der Waals surface area (Å²) < 4.78 is 0. The molecule has 1 saturated carbocycles. The highest BCUT2D eigenvalue weighted by Crippen LogP contribution is 2.34. The zero-order valence-electron chi connectivity index (χ0n) is 13.1. The fourth-order valence-corrected chi connectivity index (χ4v) is 3.32. The van der Waals surface area contributed by atoms with Crippen LogP contribution in [0.3, 0.4) is 0 Å². The van der Waals surface area contributed by atoms with E-state index in [9.17, 15) is 4.79 Å². The maximum Gasteiger partial charge on any atom is 0.227 e. The molecule has 0 radical (unpaired) electrons. The fourth-order valence-electron chi connectivity index (χ4n) is 3.32. The number of carbonyl (C=O) groups is 1. The highest BCUT2D eigenvalue weighted by molar-refractivity contribution is 5.83. The van der Waals surface area contributed by atoms with E-state index < -0.39 is 0 Å². The SMILES string of the molecule is CC(Cc1ccccc1)NC(=O)C1(CN)CCCCCC1. The second-order valence-corrected chi connectivity index (χ2v) is 6.46. The second kappa shape index (κ2) is 7.60. The minimum absolute atomic E-state index is 0.145. The van der Waals surface area contributed by atoms with Crippen LogP contribution in [0.25, 0.3) is 0 Å². The molecule has 0 aliphatic heterocycles. The molecule has 1 aromatic rings. The molecule has 1 fully saturated rings. The van der Waals surface area contributed by atoms with Crippen molar-refractivity contribution in [3.63, 3.8) is 0 Å². The molecule has 0 bridgehead atoms. The molecule has 1 unspecified atom stereocenters. The first-order valence-corrected chi connectivity index (χ1v) is 8.21. The van der Waals surface area contributed by atoms with Crippen LogP contribution in [0, 0.1) is 5.41 Å². The maximum absolute atomic E-state index is 12.7. The lowest BCUT2D eigenvalue weighted by Crippen LogP contribution is -2.49. The molecule has 1 aromatic carbocycles. The van der Waals surface area contributed by atoms with Gasteiger partial charge in [-0.3, -0.25) is 4.79 Å². The van der Waals surface area contributed by atoms with Crippen molar-refractivity contribution in [2.75, 3.05) is 6.54 Å². The van der Waals surface area contributed by atoms with Crippen LogP contribution in [0.15, 0.2) is 30.3 Å². The molecule has 116 valence electrons. The summed E-state index contributed by atoms with van der Waals surface area (Å²) in [7, 11) is 0. The molecule has 0 heterocycles. The molecule has 1 amide bonds. The van der Waals surface area contributed by atoms with Crippen molar-refractivity contribution in [3.05, 3.63) is 35.9 Å². The van der Waals surface area contributed by atoms with Crippen molar-refractivity contribution in [1.29, 1.82) is 0 Å². The van der Waals surface area contributed by atoms with Crippen LogP contribution in [0.5, 0.6) is 0 Å². The van der Waals surface area contributed by atoms with Crippen LogP contribution in [0.1, 0.15) is 51.0 Å². The average Bonchev–Trinajstić information content (AvgIpc) is 2.74. The first-order chi connectivity index (χ1) is 10.2. The number of benzene rings is 1. The van der Waals surface area contributed by atoms with Crippen molar-refractivity contribution in [2.45, 2.75) is 57.9 Å². The van der Waals surface area contributed by atoms with Crippen molar-refractivity contribution in [1.82, 2.24) is 5.32 Å². The van der Waals surface area contributed by atoms with E-state index in [2.05, 4.69) is 24.4 Å². The summed E-state index contributed by atoms with van der Waals surface area (Å²) in [6.45, 7) is 2.54. The summed E-state index contributed by atoms with van der Waals surface area (Å²) in [6.07, 6.45) is 7.45. The van der Waals surface area contributed by atoms with Crippen LogP contribution in [0.2, 0.25) is 0 Å². The van der Waals surface area contributed by atoms with Gasteiger partial charge in [-0.1, -0.05) is 56.0 Å². The van der Waals surface area contributed by atoms with Crippen LogP contribution < -0.4 is 11.1 Å². The third-order valence-electron chi connectivity index (χ3n) is 4.70. The minimum atomic E-state index is -0.332. The van der Waals surface area contributed by atoms with Crippen LogP contribution in [-0.2, 0) is 11.2 Å². The van der Waals surface area contributed by atoms with Gasteiger partial charge in [0.05, 0.1) is 5.41 Å². The summed E-state index contributed by atoms with van der Waals surface area (Å²) in [6, 6.07) is 10.4. The normalized spacial score (nSPS) is 19.5. The molecule has 0 aromatic heterocycles. The second-order valence-electron chi connectivity index (χ2n) is 6.46. The molecule has 0 spiro atoms. The number of nitrogens with two attached hydrogens (primary N) is 1. The lowest BCUT2D eigenvalue weighted by atomic mass is 9.79. The molecule has 3 nitrogen and oxygen atoms in total. The molecular formula is C18H28N2O. The van der Waals surface area contributed by atoms with E-state index in [1.54, 1.807) is 0 Å². The zero-order valence-corrected chi connectivity index (χ0v) is 13.1. The van der Waals surface area contributed by atoms with Crippen molar-refractivity contribution < 1.29 is 4.79 Å². The van der Waals surface area contributed by atoms with Crippen molar-refractivity contribution in [3.8, 4) is 0 Å². The van der Waals surface area contributed by atoms with Crippen LogP contribution >= 0.6 is 0 Å². The van der Waals surface area contributed by atoms with Crippen LogP contribution in [-0.4, -0.2) is 18.5 Å². The molecule has 3 N–H and O–H groups in total. The Morgan fingerprint density at radius 2 is 1.81 bits per heavy atom. The Morgan fingerprint density at radius 1 is 1.19 bits per heavy atom. The minimum Gasteiger partial charge on any atom is -0.353 e. The van der Waals surface area contributed by atoms with Crippen molar-refractivity contribution in [2.24, 2.45) is 11.1 Å². The van der Waals surface area contributed by atoms with Gasteiger partial charge >= 0.3 is 0 Å². The van der Waals surface area contributed by atoms with E-state index in [1.165, 1.54) is 18.4 Å². The van der Waals surface area contributed by atoms with E-state index in [4.69, 9.17) is 5.73 Å². The Kier molecular flexibility index (Phi) is 5.80. The predicted molar refractivity (Wildman–Crippen MR) is 86.9 cm³/mol. The van der Waals surface area contributed by atoms with Gasteiger partial charge in [0.25, 0.3) is 0 Å². The molecule has 1 aliphatic carbocycles. The molecule has 0 saturated heterocycles. The Morgan fingerprint density at radius 3 is 2.38 bits per heavy atom. The number of hydrogen-bond acceptors (Lipinski definition) is 2. The van der Waals surface area contributed by atoms with E-state index in [1.807, 2.05) is 18.2 Å². The third kappa shape index (κ3) is 4.31. The smallest absolute Gasteiger partial charge is 0.227 e. The summed E-state index contributed by atoms with van der Waals surface area (Å²) in [5.41, 5.74) is 6.90. The lowest BCUT2D eigenvalue weighted by molar-refractivity contribution is -0.132. The van der Waals surface area contributed by atoms with Gasteiger partial charge in [0.2, 0.25) is 5.91 Å². The lowest BCUT2D eigenvalue weighted by Gasteiger charge is -2.31. The van der Waals surface area contributed by atoms with Crippen LogP contribution in [0.4, 0.5) is 0 Å². The molecule has 3 heteroatoms. The van der Waals surface area contributed by atoms with E-state index in [0.717, 1.165) is 32.1 Å². The summed E-state index contributed by atoms with van der Waals surface area (Å²) in [5, 5.41) is 3.20. The van der Waals surface area contributed by atoms with Gasteiger partial charge in [0, 0.05) is 12.6 Å². The van der Waals surface area contributed by atoms with Gasteiger partial charge < -0.3 is 11.1 Å². The first kappa shape index (κ1) is 16.0. The average molecular weight is 288 g/mol. The van der Waals surface area contributed by atoms with Gasteiger partial charge in [-0.25, -0.2) is 0 Å². The van der Waals surface area contributed by atoms with E-state index >= 15 is 0 Å². The molecule has 1 aliphatic rings. The monoisotopic (exact) mass is 288 g/mol. The largest absolute Gasteiger partial charge is 0.353 e. The topological polar surface area (TPSA) is 55.1 Å². The molecule has 21 heavy (non-hydrogen) atoms. The number of carbonyl (C=O) groups excluding carboxylic acids is 1. The number of rotatable bonds is 5. The molecular weight excluding hydrogens is 260 g/mol. The van der Waals surface area contributed by atoms with Crippen molar-refractivity contribution >= 4 is 5.91 Å². The summed E-state index contributed by atoms with van der Waals surface area (Å²) >= 11 is 0. The maximum atomic E-state index is 12.7. The highest BCUT2D eigenvalue weighted by atomic mass is 16.2. The first-order valence-electron chi connectivity index (χ1n) is 8.21. The van der Waals surface area contributed by atoms with E-state index in [-0.39, 0.29) is 17.4 Å². The van der Waals surface area contributed by atoms with Gasteiger partial charge in [-0.2, -0.15) is 0 Å². The Bertz CT molecular complexity index is 436. The summed E-state index contributed by atoms with van der Waals surface area (Å²) in [5.74, 6) is 0.162. The molecule has 1 atom stereocenters. The number of amides is 1.